The van der Waals surface area contributed by atoms with Crippen LogP contribution < -0.4 is 0 Å². The van der Waals surface area contributed by atoms with Crippen molar-refractivity contribution in [3.8, 4) is 0 Å². The molecule has 2 rings (SSSR count). The van der Waals surface area contributed by atoms with Crippen molar-refractivity contribution < 1.29 is 5.11 Å². The summed E-state index contributed by atoms with van der Waals surface area (Å²) in [5, 5.41) is 14.5. The van der Waals surface area contributed by atoms with Crippen molar-refractivity contribution in [3.63, 3.8) is 0 Å². The summed E-state index contributed by atoms with van der Waals surface area (Å²) in [7, 11) is 0. The highest BCUT2D eigenvalue weighted by Gasteiger charge is 2.15. The number of rotatable bonds is 2. The molecule has 4 heteroatoms. The number of halogens is 2. The van der Waals surface area contributed by atoms with E-state index in [0.717, 1.165) is 15.6 Å². The van der Waals surface area contributed by atoms with Gasteiger partial charge in [0.1, 0.15) is 6.10 Å². The third-order valence-corrected chi connectivity index (χ3v) is 4.15. The maximum absolute atomic E-state index is 10.1. The maximum atomic E-state index is 10.1. The van der Waals surface area contributed by atoms with Gasteiger partial charge in [-0.25, -0.2) is 0 Å². The van der Waals surface area contributed by atoms with E-state index in [2.05, 4.69) is 15.9 Å². The fraction of sp³-hybridized carbons (Fsp3) is 0.0909. The van der Waals surface area contributed by atoms with Crippen LogP contribution in [0.3, 0.4) is 0 Å². The van der Waals surface area contributed by atoms with Gasteiger partial charge in [0.05, 0.1) is 5.02 Å². The minimum Gasteiger partial charge on any atom is -0.384 e. The van der Waals surface area contributed by atoms with Gasteiger partial charge in [-0.15, -0.1) is 0 Å². The van der Waals surface area contributed by atoms with E-state index < -0.39 is 6.10 Å². The average Bonchev–Trinajstić information content (AvgIpc) is 2.74. The second-order valence-corrected chi connectivity index (χ2v) is 5.11. The standard InChI is InChI=1S/C11H8BrClOS/c12-9-3-1-2-8(10(9)13)11(14)7-4-5-15-6-7/h1-6,11,14H. The second kappa shape index (κ2) is 4.66. The van der Waals surface area contributed by atoms with Gasteiger partial charge in [0.25, 0.3) is 0 Å². The van der Waals surface area contributed by atoms with E-state index in [0.29, 0.717) is 5.02 Å². The molecule has 2 aromatic rings. The highest BCUT2D eigenvalue weighted by molar-refractivity contribution is 9.10. The van der Waals surface area contributed by atoms with Crippen molar-refractivity contribution in [1.29, 1.82) is 0 Å². The molecule has 1 N–H and O–H groups in total. The Bertz CT molecular complexity index is 456. The molecule has 0 spiro atoms. The summed E-state index contributed by atoms with van der Waals surface area (Å²) in [6, 6.07) is 7.44. The SMILES string of the molecule is OC(c1ccsc1)c1cccc(Br)c1Cl. The normalized spacial score (nSPS) is 12.7. The van der Waals surface area contributed by atoms with Crippen LogP contribution in [0.4, 0.5) is 0 Å². The van der Waals surface area contributed by atoms with Crippen LogP contribution >= 0.6 is 38.9 Å². The highest BCUT2D eigenvalue weighted by atomic mass is 79.9. The minimum atomic E-state index is -0.652. The Morgan fingerprint density at radius 3 is 2.80 bits per heavy atom. The van der Waals surface area contributed by atoms with Crippen LogP contribution in [0.25, 0.3) is 0 Å². The fourth-order valence-electron chi connectivity index (χ4n) is 1.34. The van der Waals surface area contributed by atoms with Crippen LogP contribution in [-0.4, -0.2) is 5.11 Å². The maximum Gasteiger partial charge on any atom is 0.106 e. The van der Waals surface area contributed by atoms with Crippen molar-refractivity contribution >= 4 is 38.9 Å². The van der Waals surface area contributed by atoms with Crippen molar-refractivity contribution in [3.05, 3.63) is 55.6 Å². The molecule has 0 amide bonds. The number of aliphatic hydroxyl groups is 1. The molecule has 1 aromatic carbocycles. The summed E-state index contributed by atoms with van der Waals surface area (Å²) < 4.78 is 0.802. The van der Waals surface area contributed by atoms with Crippen LogP contribution in [0, 0.1) is 0 Å². The smallest absolute Gasteiger partial charge is 0.106 e. The number of hydrogen-bond donors (Lipinski definition) is 1. The molecule has 0 aliphatic heterocycles. The van der Waals surface area contributed by atoms with Crippen LogP contribution in [0.1, 0.15) is 17.2 Å². The Labute approximate surface area is 105 Å². The Morgan fingerprint density at radius 1 is 1.33 bits per heavy atom. The lowest BCUT2D eigenvalue weighted by molar-refractivity contribution is 0.221. The molecule has 0 fully saturated rings. The zero-order valence-corrected chi connectivity index (χ0v) is 10.8. The van der Waals surface area contributed by atoms with E-state index in [1.54, 1.807) is 11.3 Å². The molecule has 1 heterocycles. The van der Waals surface area contributed by atoms with E-state index >= 15 is 0 Å². The third kappa shape index (κ3) is 2.26. The summed E-state index contributed by atoms with van der Waals surface area (Å²) >= 11 is 11.0. The first-order chi connectivity index (χ1) is 7.20. The van der Waals surface area contributed by atoms with Gasteiger partial charge >= 0.3 is 0 Å². The molecule has 0 aliphatic carbocycles. The van der Waals surface area contributed by atoms with Crippen molar-refractivity contribution in [1.82, 2.24) is 0 Å². The minimum absolute atomic E-state index is 0.566. The highest BCUT2D eigenvalue weighted by Crippen LogP contribution is 2.33. The Balaban J connectivity index is 2.42. The van der Waals surface area contributed by atoms with Gasteiger partial charge in [0, 0.05) is 10.0 Å². The topological polar surface area (TPSA) is 20.2 Å². The molecule has 1 aromatic heterocycles. The van der Waals surface area contributed by atoms with Crippen molar-refractivity contribution in [2.24, 2.45) is 0 Å². The predicted octanol–water partition coefficient (Wildman–Crippen LogP) is 4.25. The largest absolute Gasteiger partial charge is 0.384 e. The summed E-state index contributed by atoms with van der Waals surface area (Å²) in [4.78, 5) is 0. The van der Waals surface area contributed by atoms with Crippen LogP contribution in [0.15, 0.2) is 39.5 Å². The van der Waals surface area contributed by atoms with Crippen molar-refractivity contribution in [2.45, 2.75) is 6.10 Å². The number of thiophene rings is 1. The van der Waals surface area contributed by atoms with Gasteiger partial charge < -0.3 is 5.11 Å². The Hall–Kier alpha value is -0.350. The number of benzene rings is 1. The van der Waals surface area contributed by atoms with Crippen molar-refractivity contribution in [2.75, 3.05) is 0 Å². The monoisotopic (exact) mass is 302 g/mol. The molecule has 0 saturated heterocycles. The summed E-state index contributed by atoms with van der Waals surface area (Å²) in [6.07, 6.45) is -0.652. The van der Waals surface area contributed by atoms with E-state index in [-0.39, 0.29) is 0 Å². The molecule has 1 unspecified atom stereocenters. The van der Waals surface area contributed by atoms with Gasteiger partial charge in [-0.1, -0.05) is 23.7 Å². The molecule has 0 saturated carbocycles. The fourth-order valence-corrected chi connectivity index (χ4v) is 2.63. The number of aliphatic hydroxyl groups excluding tert-OH is 1. The Morgan fingerprint density at radius 2 is 2.13 bits per heavy atom. The molecule has 0 radical (unpaired) electrons. The molecule has 1 atom stereocenters. The van der Waals surface area contributed by atoms with Gasteiger partial charge in [0.2, 0.25) is 0 Å². The second-order valence-electron chi connectivity index (χ2n) is 3.10. The molecule has 78 valence electrons. The van der Waals surface area contributed by atoms with Crippen LogP contribution in [0.5, 0.6) is 0 Å². The van der Waals surface area contributed by atoms with E-state index in [4.69, 9.17) is 11.6 Å². The molecule has 15 heavy (non-hydrogen) atoms. The van der Waals surface area contributed by atoms with Gasteiger partial charge in [-0.3, -0.25) is 0 Å². The first-order valence-corrected chi connectivity index (χ1v) is 6.45. The summed E-state index contributed by atoms with van der Waals surface area (Å²) in [5.41, 5.74) is 1.60. The summed E-state index contributed by atoms with van der Waals surface area (Å²) in [5.74, 6) is 0. The van der Waals surface area contributed by atoms with Crippen LogP contribution in [-0.2, 0) is 0 Å². The van der Waals surface area contributed by atoms with E-state index in [1.807, 2.05) is 35.0 Å². The quantitative estimate of drug-likeness (QED) is 0.879. The first-order valence-electron chi connectivity index (χ1n) is 4.34. The van der Waals surface area contributed by atoms with Crippen LogP contribution in [0.2, 0.25) is 5.02 Å². The molecule has 0 bridgehead atoms. The Kier molecular flexibility index (Phi) is 3.46. The number of hydrogen-bond acceptors (Lipinski definition) is 2. The van der Waals surface area contributed by atoms with E-state index in [1.165, 1.54) is 0 Å². The van der Waals surface area contributed by atoms with Gasteiger partial charge in [-0.2, -0.15) is 11.3 Å². The molecule has 0 aliphatic rings. The molecular weight excluding hydrogens is 296 g/mol. The zero-order valence-electron chi connectivity index (χ0n) is 7.65. The average molecular weight is 304 g/mol. The lowest BCUT2D eigenvalue weighted by atomic mass is 10.0. The molecule has 1 nitrogen and oxygen atoms in total. The summed E-state index contributed by atoms with van der Waals surface area (Å²) in [6.45, 7) is 0. The zero-order chi connectivity index (χ0) is 10.8. The lowest BCUT2D eigenvalue weighted by Crippen LogP contribution is -1.98. The third-order valence-electron chi connectivity index (χ3n) is 2.13. The predicted molar refractivity (Wildman–Crippen MR) is 67.5 cm³/mol. The van der Waals surface area contributed by atoms with Gasteiger partial charge in [-0.05, 0) is 44.4 Å². The molecular formula is C11H8BrClOS. The van der Waals surface area contributed by atoms with Gasteiger partial charge in [0.15, 0.2) is 0 Å². The lowest BCUT2D eigenvalue weighted by Gasteiger charge is -2.12. The van der Waals surface area contributed by atoms with E-state index in [9.17, 15) is 5.11 Å². The first kappa shape index (κ1) is 11.1.